The Morgan fingerprint density at radius 2 is 2.00 bits per heavy atom. The van der Waals surface area contributed by atoms with Gasteiger partial charge in [-0.25, -0.2) is 0 Å². The van der Waals surface area contributed by atoms with Gasteiger partial charge in [-0.15, -0.1) is 0 Å². The molecular formula is C18H27N3O2. The van der Waals surface area contributed by atoms with Crippen LogP contribution in [0.25, 0.3) is 0 Å². The highest BCUT2D eigenvalue weighted by atomic mass is 16.2. The van der Waals surface area contributed by atoms with Crippen LogP contribution in [0.5, 0.6) is 0 Å². The number of hydrogen-bond donors (Lipinski definition) is 2. The first kappa shape index (κ1) is 17.5. The van der Waals surface area contributed by atoms with Crippen LogP contribution in [-0.2, 0) is 16.0 Å². The molecule has 2 rings (SSSR count). The number of likely N-dealkylation sites (tertiary alicyclic amines) is 1. The van der Waals surface area contributed by atoms with Crippen molar-refractivity contribution in [2.24, 2.45) is 17.6 Å². The first-order valence-electron chi connectivity index (χ1n) is 8.32. The van der Waals surface area contributed by atoms with Crippen LogP contribution in [-0.4, -0.2) is 42.4 Å². The van der Waals surface area contributed by atoms with Crippen LogP contribution in [0.3, 0.4) is 0 Å². The summed E-state index contributed by atoms with van der Waals surface area (Å²) in [7, 11) is 0. The molecule has 0 bridgehead atoms. The molecule has 126 valence electrons. The second kappa shape index (κ2) is 8.11. The molecule has 1 aliphatic heterocycles. The van der Waals surface area contributed by atoms with Crippen LogP contribution < -0.4 is 11.1 Å². The average molecular weight is 317 g/mol. The Bertz CT molecular complexity index is 530. The maximum Gasteiger partial charge on any atom is 0.241 e. The normalized spacial score (nSPS) is 19.0. The molecule has 3 N–H and O–H groups in total. The minimum Gasteiger partial charge on any atom is -0.346 e. The zero-order valence-electron chi connectivity index (χ0n) is 14.0. The molecule has 1 aromatic carbocycles. The molecule has 0 spiro atoms. The van der Waals surface area contributed by atoms with E-state index in [2.05, 4.69) is 17.4 Å². The van der Waals surface area contributed by atoms with E-state index in [9.17, 15) is 9.59 Å². The van der Waals surface area contributed by atoms with Crippen LogP contribution in [0.4, 0.5) is 0 Å². The van der Waals surface area contributed by atoms with E-state index in [0.29, 0.717) is 5.92 Å². The van der Waals surface area contributed by atoms with Gasteiger partial charge in [-0.2, -0.15) is 0 Å². The summed E-state index contributed by atoms with van der Waals surface area (Å²) < 4.78 is 0. The molecule has 5 heteroatoms. The smallest absolute Gasteiger partial charge is 0.241 e. The summed E-state index contributed by atoms with van der Waals surface area (Å²) in [5, 5.41) is 2.65. The second-order valence-electron chi connectivity index (χ2n) is 6.67. The van der Waals surface area contributed by atoms with E-state index in [1.807, 2.05) is 36.9 Å². The molecule has 5 nitrogen and oxygen atoms in total. The summed E-state index contributed by atoms with van der Waals surface area (Å²) in [6.45, 7) is 5.35. The molecule has 1 fully saturated rings. The van der Waals surface area contributed by atoms with Gasteiger partial charge < -0.3 is 16.0 Å². The van der Waals surface area contributed by atoms with Crippen molar-refractivity contribution in [1.82, 2.24) is 10.2 Å². The zero-order chi connectivity index (χ0) is 16.8. The Kier molecular flexibility index (Phi) is 6.16. The lowest BCUT2D eigenvalue weighted by atomic mass is 9.99. The molecular weight excluding hydrogens is 290 g/mol. The minimum absolute atomic E-state index is 0.0233. The number of nitrogens with two attached hydrogens (primary N) is 1. The number of carbonyl (C=O) groups is 2. The van der Waals surface area contributed by atoms with E-state index in [1.54, 1.807) is 0 Å². The highest BCUT2D eigenvalue weighted by Crippen LogP contribution is 2.20. The summed E-state index contributed by atoms with van der Waals surface area (Å²) in [4.78, 5) is 25.9. The largest absolute Gasteiger partial charge is 0.346 e. The van der Waals surface area contributed by atoms with Gasteiger partial charge in [0.05, 0.1) is 12.6 Å². The van der Waals surface area contributed by atoms with Gasteiger partial charge in [-0.1, -0.05) is 44.2 Å². The van der Waals surface area contributed by atoms with Gasteiger partial charge in [0, 0.05) is 13.1 Å². The molecule has 0 radical (unpaired) electrons. The fourth-order valence-corrected chi connectivity index (χ4v) is 2.87. The van der Waals surface area contributed by atoms with Gasteiger partial charge in [0.15, 0.2) is 0 Å². The van der Waals surface area contributed by atoms with Gasteiger partial charge in [-0.05, 0) is 30.2 Å². The summed E-state index contributed by atoms with van der Waals surface area (Å²) >= 11 is 0. The maximum absolute atomic E-state index is 12.2. The summed E-state index contributed by atoms with van der Waals surface area (Å²) in [5.41, 5.74) is 7.08. The van der Waals surface area contributed by atoms with Gasteiger partial charge in [0.1, 0.15) is 0 Å². The highest BCUT2D eigenvalue weighted by Gasteiger charge is 2.27. The third-order valence-corrected chi connectivity index (χ3v) is 4.44. The van der Waals surface area contributed by atoms with Crippen molar-refractivity contribution in [2.45, 2.75) is 32.7 Å². The molecule has 1 heterocycles. The lowest BCUT2D eigenvalue weighted by molar-refractivity contribution is -0.132. The third kappa shape index (κ3) is 5.06. The van der Waals surface area contributed by atoms with Gasteiger partial charge in [-0.3, -0.25) is 9.59 Å². The standard InChI is InChI=1S/C18H27N3O2/c1-13(2)17(19)18(23)20-11-16(22)21-9-8-15(12-21)10-14-6-4-3-5-7-14/h3-7,13,15,17H,8-12,19H2,1-2H3,(H,20,23)/t15?,17-/m0/s1. The molecule has 1 aliphatic rings. The number of nitrogens with one attached hydrogen (secondary N) is 1. The Balaban J connectivity index is 1.75. The maximum atomic E-state index is 12.2. The lowest BCUT2D eigenvalue weighted by Gasteiger charge is -2.19. The van der Waals surface area contributed by atoms with Crippen LogP contribution in [0.2, 0.25) is 0 Å². The third-order valence-electron chi connectivity index (χ3n) is 4.44. The van der Waals surface area contributed by atoms with E-state index in [1.165, 1.54) is 5.56 Å². The van der Waals surface area contributed by atoms with E-state index in [-0.39, 0.29) is 24.3 Å². The molecule has 23 heavy (non-hydrogen) atoms. The molecule has 0 aliphatic carbocycles. The topological polar surface area (TPSA) is 75.4 Å². The zero-order valence-corrected chi connectivity index (χ0v) is 14.0. The van der Waals surface area contributed by atoms with Gasteiger partial charge in [0.25, 0.3) is 0 Å². The van der Waals surface area contributed by atoms with E-state index >= 15 is 0 Å². The molecule has 1 aromatic rings. The van der Waals surface area contributed by atoms with Crippen LogP contribution in [0.15, 0.2) is 30.3 Å². The number of hydrogen-bond acceptors (Lipinski definition) is 3. The molecule has 0 saturated carbocycles. The van der Waals surface area contributed by atoms with Crippen LogP contribution in [0.1, 0.15) is 25.8 Å². The van der Waals surface area contributed by atoms with Crippen molar-refractivity contribution in [3.8, 4) is 0 Å². The molecule has 2 atom stereocenters. The van der Waals surface area contributed by atoms with Crippen LogP contribution in [0, 0.1) is 11.8 Å². The Hall–Kier alpha value is -1.88. The SMILES string of the molecule is CC(C)[C@H](N)C(=O)NCC(=O)N1CCC(Cc2ccccc2)C1. The quantitative estimate of drug-likeness (QED) is 0.827. The van der Waals surface area contributed by atoms with Crippen molar-refractivity contribution in [2.75, 3.05) is 19.6 Å². The fraction of sp³-hybridized carbons (Fsp3) is 0.556. The van der Waals surface area contributed by atoms with Crippen molar-refractivity contribution in [3.05, 3.63) is 35.9 Å². The summed E-state index contributed by atoms with van der Waals surface area (Å²) in [5.74, 6) is 0.278. The Morgan fingerprint density at radius 1 is 1.30 bits per heavy atom. The Labute approximate surface area is 138 Å². The van der Waals surface area contributed by atoms with Crippen LogP contribution >= 0.6 is 0 Å². The average Bonchev–Trinajstić information content (AvgIpc) is 3.01. The van der Waals surface area contributed by atoms with Gasteiger partial charge >= 0.3 is 0 Å². The predicted octanol–water partition coefficient (Wildman–Crippen LogP) is 1.18. The van der Waals surface area contributed by atoms with Crippen molar-refractivity contribution in [1.29, 1.82) is 0 Å². The van der Waals surface area contributed by atoms with Crippen molar-refractivity contribution in [3.63, 3.8) is 0 Å². The molecule has 0 aromatic heterocycles. The fourth-order valence-electron chi connectivity index (χ4n) is 2.87. The highest BCUT2D eigenvalue weighted by molar-refractivity contribution is 5.87. The Morgan fingerprint density at radius 3 is 2.65 bits per heavy atom. The number of amides is 2. The molecule has 1 unspecified atom stereocenters. The van der Waals surface area contributed by atoms with E-state index in [0.717, 1.165) is 25.9 Å². The number of nitrogens with zero attached hydrogens (tertiary/aromatic N) is 1. The molecule has 1 saturated heterocycles. The second-order valence-corrected chi connectivity index (χ2v) is 6.67. The monoisotopic (exact) mass is 317 g/mol. The summed E-state index contributed by atoms with van der Waals surface area (Å²) in [6, 6.07) is 9.78. The van der Waals surface area contributed by atoms with Gasteiger partial charge in [0.2, 0.25) is 11.8 Å². The lowest BCUT2D eigenvalue weighted by Crippen LogP contribution is -2.47. The first-order valence-corrected chi connectivity index (χ1v) is 8.32. The van der Waals surface area contributed by atoms with Crippen molar-refractivity contribution >= 4 is 11.8 Å². The molecule has 2 amide bonds. The first-order chi connectivity index (χ1) is 11.0. The number of benzene rings is 1. The predicted molar refractivity (Wildman–Crippen MR) is 90.7 cm³/mol. The van der Waals surface area contributed by atoms with E-state index in [4.69, 9.17) is 5.73 Å². The summed E-state index contributed by atoms with van der Waals surface area (Å²) in [6.07, 6.45) is 2.01. The number of rotatable bonds is 6. The minimum atomic E-state index is -0.563. The number of carbonyl (C=O) groups excluding carboxylic acids is 2. The van der Waals surface area contributed by atoms with E-state index < -0.39 is 6.04 Å². The van der Waals surface area contributed by atoms with Crippen molar-refractivity contribution < 1.29 is 9.59 Å².